The topological polar surface area (TPSA) is 32.8 Å². The van der Waals surface area contributed by atoms with Gasteiger partial charge in [-0.15, -0.1) is 0 Å². The second kappa shape index (κ2) is 6.81. The molecule has 4 rings (SSSR count). The lowest BCUT2D eigenvalue weighted by atomic mass is 10.1. The summed E-state index contributed by atoms with van der Waals surface area (Å²) in [5.74, 6) is 1.16. The van der Waals surface area contributed by atoms with Crippen LogP contribution in [-0.2, 0) is 16.0 Å². The minimum Gasteiger partial charge on any atom is -0.375 e. The van der Waals surface area contributed by atoms with Crippen LogP contribution in [0, 0.1) is 17.7 Å². The van der Waals surface area contributed by atoms with Crippen LogP contribution in [0.2, 0.25) is 0 Å². The Morgan fingerprint density at radius 2 is 1.96 bits per heavy atom. The van der Waals surface area contributed by atoms with Crippen LogP contribution in [0.5, 0.6) is 0 Å². The van der Waals surface area contributed by atoms with E-state index in [9.17, 15) is 9.18 Å². The molecule has 0 bridgehead atoms. The molecule has 1 aromatic rings. The maximum atomic E-state index is 13.0. The first kappa shape index (κ1) is 16.0. The summed E-state index contributed by atoms with van der Waals surface area (Å²) in [5, 5.41) is 0. The molecular formula is C19H25FN2O2. The Morgan fingerprint density at radius 3 is 2.71 bits per heavy atom. The molecule has 130 valence electrons. The van der Waals surface area contributed by atoms with Crippen molar-refractivity contribution in [2.45, 2.75) is 25.4 Å². The number of fused-ring (bicyclic) bond motifs is 1. The molecule has 2 atom stereocenters. The molecule has 1 aliphatic carbocycles. The lowest BCUT2D eigenvalue weighted by Gasteiger charge is -2.23. The average Bonchev–Trinajstić information content (AvgIpc) is 3.33. The van der Waals surface area contributed by atoms with Crippen LogP contribution in [0.4, 0.5) is 4.39 Å². The first-order chi connectivity index (χ1) is 11.7. The molecule has 4 nitrogen and oxygen atoms in total. The molecule has 2 aliphatic heterocycles. The highest BCUT2D eigenvalue weighted by atomic mass is 19.1. The maximum Gasteiger partial charge on any atom is 0.227 e. The van der Waals surface area contributed by atoms with Crippen molar-refractivity contribution < 1.29 is 13.9 Å². The summed E-state index contributed by atoms with van der Waals surface area (Å²) in [4.78, 5) is 17.0. The first-order valence-corrected chi connectivity index (χ1v) is 9.03. The Morgan fingerprint density at radius 1 is 1.17 bits per heavy atom. The summed E-state index contributed by atoms with van der Waals surface area (Å²) in [6, 6.07) is 6.20. The number of benzene rings is 1. The molecule has 3 aliphatic rings. The maximum absolute atomic E-state index is 13.0. The molecule has 0 unspecified atom stereocenters. The van der Waals surface area contributed by atoms with Gasteiger partial charge in [0.05, 0.1) is 19.1 Å². The predicted octanol–water partition coefficient (Wildman–Crippen LogP) is 1.94. The molecule has 2 saturated heterocycles. The van der Waals surface area contributed by atoms with Gasteiger partial charge in [-0.05, 0) is 36.5 Å². The van der Waals surface area contributed by atoms with Crippen molar-refractivity contribution in [3.05, 3.63) is 35.6 Å². The number of ether oxygens (including phenoxy) is 1. The number of likely N-dealkylation sites (tertiary alicyclic amines) is 1. The monoisotopic (exact) mass is 332 g/mol. The molecule has 3 fully saturated rings. The molecule has 0 aromatic heterocycles. The molecule has 24 heavy (non-hydrogen) atoms. The van der Waals surface area contributed by atoms with Gasteiger partial charge in [0.1, 0.15) is 5.82 Å². The van der Waals surface area contributed by atoms with Gasteiger partial charge in [-0.25, -0.2) is 4.39 Å². The quantitative estimate of drug-likeness (QED) is 0.845. The van der Waals surface area contributed by atoms with Gasteiger partial charge in [-0.2, -0.15) is 0 Å². The Kier molecular flexibility index (Phi) is 4.55. The van der Waals surface area contributed by atoms with Crippen LogP contribution >= 0.6 is 0 Å². The van der Waals surface area contributed by atoms with E-state index >= 15 is 0 Å². The van der Waals surface area contributed by atoms with E-state index < -0.39 is 0 Å². The number of rotatable bonds is 4. The fourth-order valence-electron chi connectivity index (χ4n) is 3.89. The third-order valence-corrected chi connectivity index (χ3v) is 5.45. The highest BCUT2D eigenvalue weighted by Crippen LogP contribution is 2.31. The Bertz CT molecular complexity index is 588. The molecule has 1 aromatic carbocycles. The molecule has 1 amide bonds. The van der Waals surface area contributed by atoms with Crippen LogP contribution in [-0.4, -0.2) is 61.1 Å². The van der Waals surface area contributed by atoms with E-state index in [1.807, 2.05) is 4.90 Å². The van der Waals surface area contributed by atoms with Gasteiger partial charge in [-0.3, -0.25) is 4.79 Å². The Balaban J connectivity index is 1.34. The molecule has 0 radical (unpaired) electrons. The average molecular weight is 332 g/mol. The summed E-state index contributed by atoms with van der Waals surface area (Å²) in [7, 11) is 0. The van der Waals surface area contributed by atoms with E-state index in [2.05, 4.69) is 4.90 Å². The minimum atomic E-state index is -0.265. The van der Waals surface area contributed by atoms with Crippen molar-refractivity contribution in [2.24, 2.45) is 11.8 Å². The van der Waals surface area contributed by atoms with Gasteiger partial charge in [0.2, 0.25) is 5.91 Å². The van der Waals surface area contributed by atoms with Gasteiger partial charge in [0.25, 0.3) is 0 Å². The summed E-state index contributed by atoms with van der Waals surface area (Å²) in [6.45, 7) is 5.51. The zero-order chi connectivity index (χ0) is 16.5. The van der Waals surface area contributed by atoms with Gasteiger partial charge >= 0.3 is 0 Å². The fraction of sp³-hybridized carbons (Fsp3) is 0.632. The van der Waals surface area contributed by atoms with Gasteiger partial charge in [-0.1, -0.05) is 12.1 Å². The first-order valence-electron chi connectivity index (χ1n) is 9.03. The molecule has 0 N–H and O–H groups in total. The summed E-state index contributed by atoms with van der Waals surface area (Å²) in [5.41, 5.74) is 0.866. The summed E-state index contributed by atoms with van der Waals surface area (Å²) in [6.07, 6.45) is 3.25. The lowest BCUT2D eigenvalue weighted by Crippen LogP contribution is -2.35. The molecule has 5 heteroatoms. The standard InChI is InChI=1S/C19H25FN2O2/c20-17-5-3-14(4-6-17)9-19(23)22-12-16-11-21(10-15-1-2-15)7-8-24-18(16)13-22/h3-6,15-16,18H,1-2,7-13H2/t16-,18+/m0/s1. The molecule has 1 saturated carbocycles. The minimum absolute atomic E-state index is 0.118. The fourth-order valence-corrected chi connectivity index (χ4v) is 3.89. The van der Waals surface area contributed by atoms with E-state index in [1.165, 1.54) is 31.5 Å². The van der Waals surface area contributed by atoms with Crippen LogP contribution in [0.3, 0.4) is 0 Å². The summed E-state index contributed by atoms with van der Waals surface area (Å²) >= 11 is 0. The number of nitrogens with zero attached hydrogens (tertiary/aromatic N) is 2. The normalized spacial score (nSPS) is 27.8. The van der Waals surface area contributed by atoms with Crippen molar-refractivity contribution in [1.82, 2.24) is 9.80 Å². The van der Waals surface area contributed by atoms with Gasteiger partial charge < -0.3 is 14.5 Å². The molecule has 0 spiro atoms. The number of carbonyl (C=O) groups is 1. The van der Waals surface area contributed by atoms with E-state index in [1.54, 1.807) is 12.1 Å². The molecule has 2 heterocycles. The van der Waals surface area contributed by atoms with Crippen molar-refractivity contribution in [2.75, 3.05) is 39.3 Å². The van der Waals surface area contributed by atoms with Gasteiger partial charge in [0, 0.05) is 38.6 Å². The van der Waals surface area contributed by atoms with E-state index in [-0.39, 0.29) is 17.8 Å². The number of amides is 1. The van der Waals surface area contributed by atoms with Crippen molar-refractivity contribution in [1.29, 1.82) is 0 Å². The molecular weight excluding hydrogens is 307 g/mol. The van der Waals surface area contributed by atoms with Crippen LogP contribution in [0.25, 0.3) is 0 Å². The third-order valence-electron chi connectivity index (χ3n) is 5.45. The van der Waals surface area contributed by atoms with Gasteiger partial charge in [0.15, 0.2) is 0 Å². The highest BCUT2D eigenvalue weighted by Gasteiger charge is 2.39. The second-order valence-corrected chi connectivity index (χ2v) is 7.47. The number of carbonyl (C=O) groups excluding carboxylic acids is 1. The zero-order valence-electron chi connectivity index (χ0n) is 14.0. The Hall–Kier alpha value is -1.46. The van der Waals surface area contributed by atoms with Crippen molar-refractivity contribution in [3.8, 4) is 0 Å². The largest absolute Gasteiger partial charge is 0.375 e. The number of hydrogen-bond donors (Lipinski definition) is 0. The smallest absolute Gasteiger partial charge is 0.227 e. The third kappa shape index (κ3) is 3.78. The second-order valence-electron chi connectivity index (χ2n) is 7.47. The SMILES string of the molecule is O=C(Cc1ccc(F)cc1)N1C[C@@H]2CN(CC3CC3)CCO[C@@H]2C1. The van der Waals surface area contributed by atoms with Crippen LogP contribution in [0.15, 0.2) is 24.3 Å². The van der Waals surface area contributed by atoms with Crippen LogP contribution in [0.1, 0.15) is 18.4 Å². The summed E-state index contributed by atoms with van der Waals surface area (Å²) < 4.78 is 19.0. The lowest BCUT2D eigenvalue weighted by molar-refractivity contribution is -0.130. The predicted molar refractivity (Wildman–Crippen MR) is 89.1 cm³/mol. The van der Waals surface area contributed by atoms with Crippen molar-refractivity contribution in [3.63, 3.8) is 0 Å². The number of hydrogen-bond acceptors (Lipinski definition) is 3. The van der Waals surface area contributed by atoms with Crippen molar-refractivity contribution >= 4 is 5.91 Å². The Labute approximate surface area is 142 Å². The highest BCUT2D eigenvalue weighted by molar-refractivity contribution is 5.79. The number of halogens is 1. The van der Waals surface area contributed by atoms with E-state index in [0.717, 1.165) is 37.7 Å². The van der Waals surface area contributed by atoms with Crippen LogP contribution < -0.4 is 0 Å². The zero-order valence-corrected chi connectivity index (χ0v) is 14.0. The van der Waals surface area contributed by atoms with E-state index in [4.69, 9.17) is 4.74 Å². The van der Waals surface area contributed by atoms with E-state index in [0.29, 0.717) is 18.9 Å².